The van der Waals surface area contributed by atoms with Crippen molar-refractivity contribution in [3.8, 4) is 0 Å². The van der Waals surface area contributed by atoms with E-state index in [0.717, 1.165) is 18.4 Å². The maximum absolute atomic E-state index is 5.76. The van der Waals surface area contributed by atoms with E-state index in [4.69, 9.17) is 4.74 Å². The molecule has 1 N–H and O–H groups in total. The highest BCUT2D eigenvalue weighted by molar-refractivity contribution is 4.77. The van der Waals surface area contributed by atoms with Crippen molar-refractivity contribution in [3.05, 3.63) is 0 Å². The third kappa shape index (κ3) is 5.73. The van der Waals surface area contributed by atoms with Crippen molar-refractivity contribution >= 4 is 0 Å². The predicted molar refractivity (Wildman–Crippen MR) is 86.0 cm³/mol. The molecular formula is C18H35NO. The molecule has 2 heteroatoms. The summed E-state index contributed by atoms with van der Waals surface area (Å²) >= 11 is 0. The largest absolute Gasteiger partial charge is 0.378 e. The summed E-state index contributed by atoms with van der Waals surface area (Å²) in [6.45, 7) is 6.78. The van der Waals surface area contributed by atoms with Crippen LogP contribution in [-0.4, -0.2) is 25.3 Å². The lowest BCUT2D eigenvalue weighted by atomic mass is 9.83. The molecule has 1 saturated heterocycles. The lowest BCUT2D eigenvalue weighted by Crippen LogP contribution is -2.32. The Morgan fingerprint density at radius 2 is 1.75 bits per heavy atom. The number of nitrogens with one attached hydrogen (secondary N) is 1. The lowest BCUT2D eigenvalue weighted by molar-refractivity contribution is 0.0992. The lowest BCUT2D eigenvalue weighted by Gasteiger charge is -2.27. The van der Waals surface area contributed by atoms with E-state index in [-0.39, 0.29) is 0 Å². The van der Waals surface area contributed by atoms with Gasteiger partial charge in [-0.05, 0) is 44.1 Å². The third-order valence-electron chi connectivity index (χ3n) is 5.23. The molecule has 2 aliphatic rings. The van der Waals surface area contributed by atoms with E-state index in [1.165, 1.54) is 70.8 Å². The first-order valence-corrected chi connectivity index (χ1v) is 9.10. The molecule has 1 heterocycles. The molecule has 0 radical (unpaired) electrons. The van der Waals surface area contributed by atoms with Gasteiger partial charge in [0, 0.05) is 12.6 Å². The number of rotatable bonds is 7. The van der Waals surface area contributed by atoms with Crippen LogP contribution < -0.4 is 5.32 Å². The quantitative estimate of drug-likeness (QED) is 0.692. The van der Waals surface area contributed by atoms with Crippen LogP contribution in [0.1, 0.15) is 78.1 Å². The molecule has 1 aliphatic carbocycles. The topological polar surface area (TPSA) is 21.3 Å². The van der Waals surface area contributed by atoms with Crippen LogP contribution in [0.2, 0.25) is 0 Å². The van der Waals surface area contributed by atoms with Gasteiger partial charge < -0.3 is 10.1 Å². The Hall–Kier alpha value is -0.0800. The standard InChI is InChI=1S/C18H35NO/c1-15(2)19-14-17-9-5-3-4-8-16(17)10-6-11-18-12-7-13-20-18/h15-19H,3-14H2,1-2H3. The van der Waals surface area contributed by atoms with E-state index in [0.29, 0.717) is 12.1 Å². The number of ether oxygens (including phenoxy) is 1. The van der Waals surface area contributed by atoms with Crippen molar-refractivity contribution in [1.82, 2.24) is 5.32 Å². The third-order valence-corrected chi connectivity index (χ3v) is 5.23. The normalized spacial score (nSPS) is 31.6. The highest BCUT2D eigenvalue weighted by Gasteiger charge is 2.24. The fourth-order valence-corrected chi connectivity index (χ4v) is 3.98. The van der Waals surface area contributed by atoms with Crippen LogP contribution in [0.5, 0.6) is 0 Å². The molecule has 2 rings (SSSR count). The van der Waals surface area contributed by atoms with Crippen LogP contribution in [0, 0.1) is 11.8 Å². The van der Waals surface area contributed by atoms with Gasteiger partial charge in [0.15, 0.2) is 0 Å². The summed E-state index contributed by atoms with van der Waals surface area (Å²) in [5.74, 6) is 1.88. The van der Waals surface area contributed by atoms with E-state index in [9.17, 15) is 0 Å². The second-order valence-corrected chi connectivity index (χ2v) is 7.29. The van der Waals surface area contributed by atoms with Crippen LogP contribution >= 0.6 is 0 Å². The monoisotopic (exact) mass is 281 g/mol. The first kappa shape index (κ1) is 16.3. The molecule has 2 nitrogen and oxygen atoms in total. The Morgan fingerprint density at radius 3 is 2.45 bits per heavy atom. The number of hydrogen-bond acceptors (Lipinski definition) is 2. The first-order valence-electron chi connectivity index (χ1n) is 9.10. The highest BCUT2D eigenvalue weighted by Crippen LogP contribution is 2.32. The zero-order chi connectivity index (χ0) is 14.2. The molecule has 2 fully saturated rings. The van der Waals surface area contributed by atoms with Gasteiger partial charge in [-0.3, -0.25) is 0 Å². The average Bonchev–Trinajstić information content (AvgIpc) is 2.83. The van der Waals surface area contributed by atoms with Gasteiger partial charge in [0.2, 0.25) is 0 Å². The minimum atomic E-state index is 0.591. The molecule has 0 bridgehead atoms. The van der Waals surface area contributed by atoms with Gasteiger partial charge in [0.25, 0.3) is 0 Å². The van der Waals surface area contributed by atoms with Gasteiger partial charge in [-0.15, -0.1) is 0 Å². The van der Waals surface area contributed by atoms with E-state index in [1.807, 2.05) is 0 Å². The Balaban J connectivity index is 1.71. The molecule has 0 aromatic heterocycles. The summed E-state index contributed by atoms with van der Waals surface area (Å²) < 4.78 is 5.76. The first-order chi connectivity index (χ1) is 9.75. The Morgan fingerprint density at radius 1 is 0.950 bits per heavy atom. The Labute approximate surface area is 126 Å². The van der Waals surface area contributed by atoms with Crippen molar-refractivity contribution in [2.24, 2.45) is 11.8 Å². The molecule has 118 valence electrons. The fraction of sp³-hybridized carbons (Fsp3) is 1.00. The van der Waals surface area contributed by atoms with Crippen molar-refractivity contribution in [2.45, 2.75) is 90.2 Å². The minimum absolute atomic E-state index is 0.591. The summed E-state index contributed by atoms with van der Waals surface area (Å²) in [7, 11) is 0. The molecule has 0 amide bonds. The smallest absolute Gasteiger partial charge is 0.0576 e. The summed E-state index contributed by atoms with van der Waals surface area (Å²) in [6, 6.07) is 0.630. The zero-order valence-corrected chi connectivity index (χ0v) is 13.7. The van der Waals surface area contributed by atoms with Crippen LogP contribution in [0.4, 0.5) is 0 Å². The van der Waals surface area contributed by atoms with Gasteiger partial charge >= 0.3 is 0 Å². The van der Waals surface area contributed by atoms with E-state index >= 15 is 0 Å². The predicted octanol–water partition coefficient (Wildman–Crippen LogP) is 4.53. The van der Waals surface area contributed by atoms with Crippen molar-refractivity contribution in [1.29, 1.82) is 0 Å². The summed E-state index contributed by atoms with van der Waals surface area (Å²) in [4.78, 5) is 0. The fourth-order valence-electron chi connectivity index (χ4n) is 3.98. The second-order valence-electron chi connectivity index (χ2n) is 7.29. The molecule has 20 heavy (non-hydrogen) atoms. The van der Waals surface area contributed by atoms with Gasteiger partial charge in [0.1, 0.15) is 0 Å². The van der Waals surface area contributed by atoms with Crippen LogP contribution in [0.25, 0.3) is 0 Å². The van der Waals surface area contributed by atoms with Crippen LogP contribution in [0.3, 0.4) is 0 Å². The summed E-state index contributed by atoms with van der Waals surface area (Å²) in [5, 5.41) is 3.68. The van der Waals surface area contributed by atoms with Crippen molar-refractivity contribution in [3.63, 3.8) is 0 Å². The maximum Gasteiger partial charge on any atom is 0.0576 e. The Kier molecular flexibility index (Phi) is 7.37. The summed E-state index contributed by atoms with van der Waals surface area (Å²) in [6.07, 6.45) is 14.6. The van der Waals surface area contributed by atoms with Crippen LogP contribution in [-0.2, 0) is 4.74 Å². The van der Waals surface area contributed by atoms with Gasteiger partial charge in [0.05, 0.1) is 6.10 Å². The van der Waals surface area contributed by atoms with E-state index < -0.39 is 0 Å². The molecule has 1 saturated carbocycles. The van der Waals surface area contributed by atoms with E-state index in [1.54, 1.807) is 0 Å². The van der Waals surface area contributed by atoms with Gasteiger partial charge in [-0.25, -0.2) is 0 Å². The second kappa shape index (κ2) is 9.04. The molecule has 3 unspecified atom stereocenters. The minimum Gasteiger partial charge on any atom is -0.378 e. The highest BCUT2D eigenvalue weighted by atomic mass is 16.5. The number of hydrogen-bond donors (Lipinski definition) is 1. The average molecular weight is 281 g/mol. The molecule has 1 aliphatic heterocycles. The molecule has 0 aromatic rings. The summed E-state index contributed by atoms with van der Waals surface area (Å²) in [5.41, 5.74) is 0. The molecule has 0 spiro atoms. The maximum atomic E-state index is 5.76. The molecular weight excluding hydrogens is 246 g/mol. The molecule has 3 atom stereocenters. The molecule has 0 aromatic carbocycles. The zero-order valence-electron chi connectivity index (χ0n) is 13.7. The van der Waals surface area contributed by atoms with Crippen molar-refractivity contribution < 1.29 is 4.74 Å². The Bertz CT molecular complexity index is 248. The van der Waals surface area contributed by atoms with E-state index in [2.05, 4.69) is 19.2 Å². The van der Waals surface area contributed by atoms with Crippen LogP contribution in [0.15, 0.2) is 0 Å². The van der Waals surface area contributed by atoms with Gasteiger partial charge in [-0.1, -0.05) is 52.4 Å². The van der Waals surface area contributed by atoms with Crippen molar-refractivity contribution in [2.75, 3.05) is 13.2 Å². The SMILES string of the molecule is CC(C)NCC1CCCCCC1CCCC1CCCO1. The van der Waals surface area contributed by atoms with Gasteiger partial charge in [-0.2, -0.15) is 0 Å².